The van der Waals surface area contributed by atoms with Crippen molar-refractivity contribution in [1.29, 1.82) is 0 Å². The summed E-state index contributed by atoms with van der Waals surface area (Å²) in [5.74, 6) is -2.12. The quantitative estimate of drug-likeness (QED) is 0.370. The van der Waals surface area contributed by atoms with Gasteiger partial charge in [-0.2, -0.15) is 0 Å². The zero-order chi connectivity index (χ0) is 18.7. The smallest absolute Gasteiger partial charge is 0.303 e. The van der Waals surface area contributed by atoms with Gasteiger partial charge in [-0.15, -0.1) is 0 Å². The summed E-state index contributed by atoms with van der Waals surface area (Å²) in [5.41, 5.74) is 1.08. The molecule has 0 aromatic rings. The lowest BCUT2D eigenvalue weighted by Crippen LogP contribution is -2.45. The highest BCUT2D eigenvalue weighted by Crippen LogP contribution is 2.43. The van der Waals surface area contributed by atoms with Crippen molar-refractivity contribution >= 4 is 23.9 Å². The van der Waals surface area contributed by atoms with Gasteiger partial charge in [0.25, 0.3) is 0 Å². The Kier molecular flexibility index (Phi) is 5.78. The van der Waals surface area contributed by atoms with Crippen molar-refractivity contribution in [2.75, 3.05) is 13.2 Å². The Balaban J connectivity index is 2.32. The number of rotatable bonds is 6. The topological polar surface area (TPSA) is 114 Å². The first-order valence-electron chi connectivity index (χ1n) is 7.69. The van der Waals surface area contributed by atoms with Crippen molar-refractivity contribution in [1.82, 2.24) is 0 Å². The largest absolute Gasteiger partial charge is 0.461 e. The molecule has 0 aromatic carbocycles. The average molecular weight is 356 g/mol. The Morgan fingerprint density at radius 2 is 1.08 bits per heavy atom. The second-order valence-corrected chi connectivity index (χ2v) is 5.74. The van der Waals surface area contributed by atoms with Crippen LogP contribution in [-0.2, 0) is 42.9 Å². The normalized spacial score (nSPS) is 27.0. The van der Waals surface area contributed by atoms with Gasteiger partial charge in [-0.1, -0.05) is 0 Å². The molecule has 4 atom stereocenters. The fraction of sp³-hybridized carbons (Fsp3) is 0.625. The van der Waals surface area contributed by atoms with Gasteiger partial charge in [0.2, 0.25) is 0 Å². The van der Waals surface area contributed by atoms with Gasteiger partial charge in [0.05, 0.1) is 0 Å². The molecular formula is C16H20O9. The average Bonchev–Trinajstić information content (AvgIpc) is 2.98. The van der Waals surface area contributed by atoms with Gasteiger partial charge < -0.3 is 23.7 Å². The minimum absolute atomic E-state index is 0.0995. The molecule has 2 aliphatic rings. The highest BCUT2D eigenvalue weighted by Gasteiger charge is 2.57. The monoisotopic (exact) mass is 356 g/mol. The van der Waals surface area contributed by atoms with Crippen LogP contribution in [0.25, 0.3) is 0 Å². The molecule has 0 radical (unpaired) electrons. The van der Waals surface area contributed by atoms with Crippen LogP contribution in [0.2, 0.25) is 0 Å². The van der Waals surface area contributed by atoms with Crippen LogP contribution in [0.15, 0.2) is 11.1 Å². The molecule has 2 bridgehead atoms. The minimum atomic E-state index is -0.863. The summed E-state index contributed by atoms with van der Waals surface area (Å²) in [7, 11) is 0. The Labute approximate surface area is 144 Å². The van der Waals surface area contributed by atoms with Crippen molar-refractivity contribution in [2.45, 2.75) is 52.1 Å². The lowest BCUT2D eigenvalue weighted by molar-refractivity contribution is -0.164. The number of carbonyl (C=O) groups is 4. The van der Waals surface area contributed by atoms with Gasteiger partial charge in [-0.3, -0.25) is 19.2 Å². The van der Waals surface area contributed by atoms with Gasteiger partial charge >= 0.3 is 23.9 Å². The molecule has 0 N–H and O–H groups in total. The number of esters is 4. The van der Waals surface area contributed by atoms with Gasteiger partial charge in [0.15, 0.2) is 12.2 Å². The van der Waals surface area contributed by atoms with E-state index in [0.717, 1.165) is 0 Å². The molecule has 2 heterocycles. The summed E-state index contributed by atoms with van der Waals surface area (Å²) in [5, 5.41) is 0. The minimum Gasteiger partial charge on any atom is -0.461 e. The first-order chi connectivity index (χ1) is 11.7. The molecule has 0 saturated carbocycles. The second-order valence-electron chi connectivity index (χ2n) is 5.74. The number of hydrogen-bond acceptors (Lipinski definition) is 9. The number of fused-ring (bicyclic) bond motifs is 2. The van der Waals surface area contributed by atoms with Crippen molar-refractivity contribution < 1.29 is 42.9 Å². The van der Waals surface area contributed by atoms with E-state index in [1.807, 2.05) is 0 Å². The first-order valence-corrected chi connectivity index (χ1v) is 7.69. The summed E-state index contributed by atoms with van der Waals surface area (Å²) in [4.78, 5) is 45.0. The van der Waals surface area contributed by atoms with E-state index >= 15 is 0 Å². The lowest BCUT2D eigenvalue weighted by Gasteiger charge is -2.29. The van der Waals surface area contributed by atoms with E-state index in [9.17, 15) is 19.2 Å². The molecule has 0 aliphatic carbocycles. The summed E-state index contributed by atoms with van der Waals surface area (Å²) < 4.78 is 26.3. The van der Waals surface area contributed by atoms with Gasteiger partial charge in [0, 0.05) is 38.8 Å². The van der Waals surface area contributed by atoms with Crippen LogP contribution >= 0.6 is 0 Å². The number of ether oxygens (including phenoxy) is 5. The number of carbonyl (C=O) groups excluding carboxylic acids is 4. The van der Waals surface area contributed by atoms with E-state index < -0.39 is 48.3 Å². The van der Waals surface area contributed by atoms with Crippen LogP contribution in [0.3, 0.4) is 0 Å². The SMILES string of the molecule is CC(=O)OCC1=C(COC(C)=O)[C@@H]2O[C@H]1[C@@H](OC(C)=O)[C@@H]2OC(C)=O. The van der Waals surface area contributed by atoms with Gasteiger partial charge in [-0.05, 0) is 0 Å². The van der Waals surface area contributed by atoms with Crippen LogP contribution in [0.1, 0.15) is 27.7 Å². The highest BCUT2D eigenvalue weighted by atomic mass is 16.6. The summed E-state index contributed by atoms with van der Waals surface area (Å²) in [6.45, 7) is 4.77. The third kappa shape index (κ3) is 4.36. The van der Waals surface area contributed by atoms with Crippen molar-refractivity contribution in [3.63, 3.8) is 0 Å². The molecule has 25 heavy (non-hydrogen) atoms. The molecule has 138 valence electrons. The lowest BCUT2D eigenvalue weighted by atomic mass is 9.88. The molecule has 1 saturated heterocycles. The fourth-order valence-corrected chi connectivity index (χ4v) is 2.93. The maximum Gasteiger partial charge on any atom is 0.303 e. The van der Waals surface area contributed by atoms with Crippen LogP contribution in [-0.4, -0.2) is 61.5 Å². The molecule has 2 rings (SSSR count). The van der Waals surface area contributed by atoms with E-state index in [-0.39, 0.29) is 13.2 Å². The summed E-state index contributed by atoms with van der Waals surface area (Å²) in [6, 6.07) is 0. The third-order valence-corrected chi connectivity index (χ3v) is 3.78. The van der Waals surface area contributed by atoms with Crippen molar-refractivity contribution in [3.05, 3.63) is 11.1 Å². The maximum atomic E-state index is 11.4. The molecule has 9 nitrogen and oxygen atoms in total. The van der Waals surface area contributed by atoms with Crippen LogP contribution in [0.5, 0.6) is 0 Å². The fourth-order valence-electron chi connectivity index (χ4n) is 2.93. The zero-order valence-electron chi connectivity index (χ0n) is 14.4. The van der Waals surface area contributed by atoms with E-state index in [0.29, 0.717) is 11.1 Å². The molecule has 0 aromatic heterocycles. The Morgan fingerprint density at radius 1 is 0.720 bits per heavy atom. The Morgan fingerprint density at radius 3 is 1.36 bits per heavy atom. The third-order valence-electron chi connectivity index (χ3n) is 3.78. The van der Waals surface area contributed by atoms with Gasteiger partial charge in [-0.25, -0.2) is 0 Å². The highest BCUT2D eigenvalue weighted by molar-refractivity contribution is 5.69. The predicted molar refractivity (Wildman–Crippen MR) is 80.1 cm³/mol. The van der Waals surface area contributed by atoms with Crippen LogP contribution in [0, 0.1) is 0 Å². The molecule has 9 heteroatoms. The standard InChI is InChI=1S/C16H20O9/c1-7(17)21-5-11-12(6-22-8(2)18)14-16(24-10(4)20)15(13(11)25-14)23-9(3)19/h13-16H,5-6H2,1-4H3/t13-,14+,15-,16-/m1/s1. The van der Waals surface area contributed by atoms with E-state index in [1.54, 1.807) is 0 Å². The maximum absolute atomic E-state index is 11.4. The van der Waals surface area contributed by atoms with Crippen LogP contribution < -0.4 is 0 Å². The summed E-state index contributed by atoms with van der Waals surface area (Å²) >= 11 is 0. The molecule has 2 aliphatic heterocycles. The van der Waals surface area contributed by atoms with E-state index in [2.05, 4.69) is 0 Å². The van der Waals surface area contributed by atoms with Gasteiger partial charge in [0.1, 0.15) is 25.4 Å². The Hall–Kier alpha value is -2.42. The van der Waals surface area contributed by atoms with E-state index in [4.69, 9.17) is 23.7 Å². The van der Waals surface area contributed by atoms with E-state index in [1.165, 1.54) is 27.7 Å². The number of hydrogen-bond donors (Lipinski definition) is 0. The predicted octanol–water partition coefficient (Wildman–Crippen LogP) is 0.0536. The first kappa shape index (κ1) is 18.9. The summed E-state index contributed by atoms with van der Waals surface area (Å²) in [6.07, 6.45) is -3.22. The Bertz CT molecular complexity index is 569. The second kappa shape index (κ2) is 7.64. The van der Waals surface area contributed by atoms with Crippen molar-refractivity contribution in [2.24, 2.45) is 0 Å². The van der Waals surface area contributed by atoms with Crippen LogP contribution in [0.4, 0.5) is 0 Å². The molecule has 0 spiro atoms. The van der Waals surface area contributed by atoms with Crippen molar-refractivity contribution in [3.8, 4) is 0 Å². The molecule has 0 amide bonds. The zero-order valence-corrected chi connectivity index (χ0v) is 14.4. The molecular weight excluding hydrogens is 336 g/mol. The molecule has 1 fully saturated rings. The molecule has 0 unspecified atom stereocenters.